The first-order valence-electron chi connectivity index (χ1n) is 11.4. The van der Waals surface area contributed by atoms with Gasteiger partial charge in [0.15, 0.2) is 0 Å². The molecule has 3 heteroatoms. The number of hydrogen-bond donors (Lipinski definition) is 0. The van der Waals surface area contributed by atoms with Gasteiger partial charge in [-0.05, 0) is 55.8 Å². The number of rotatable bonds is 8. The third-order valence-electron chi connectivity index (χ3n) is 6.20. The van der Waals surface area contributed by atoms with Crippen molar-refractivity contribution in [3.8, 4) is 6.07 Å². The van der Waals surface area contributed by atoms with Crippen LogP contribution in [0.25, 0.3) is 0 Å². The zero-order valence-corrected chi connectivity index (χ0v) is 18.9. The minimum Gasteiger partial charge on any atom is -0.297 e. The standard InChI is InChI=1S/C25H34FN.C2H3N/c1-3-27(19-22-9-5-4-6-10-22)20(2)13-14-21-15-17-23(18-16-21)24-11-7-8-12-25(24)26;1-2-3/h4-6,9-10,15-18,20,24-25H,3,7-8,11-14,19H2,1-2H3;1H3. The fraction of sp³-hybridized carbons (Fsp3) is 0.519. The Labute approximate surface area is 182 Å². The molecule has 1 fully saturated rings. The van der Waals surface area contributed by atoms with Gasteiger partial charge in [-0.3, -0.25) is 4.90 Å². The third-order valence-corrected chi connectivity index (χ3v) is 6.20. The first-order chi connectivity index (χ1) is 14.6. The van der Waals surface area contributed by atoms with Gasteiger partial charge in [0.05, 0.1) is 6.07 Å². The average molecular weight is 409 g/mol. The molecule has 30 heavy (non-hydrogen) atoms. The number of nitriles is 1. The van der Waals surface area contributed by atoms with Crippen LogP contribution in [-0.2, 0) is 13.0 Å². The molecule has 3 unspecified atom stereocenters. The van der Waals surface area contributed by atoms with Crippen molar-refractivity contribution in [3.05, 3.63) is 71.3 Å². The number of halogens is 1. The Hall–Kier alpha value is -2.18. The molecule has 0 N–H and O–H groups in total. The molecule has 3 atom stereocenters. The maximum atomic E-state index is 14.2. The van der Waals surface area contributed by atoms with E-state index in [4.69, 9.17) is 5.26 Å². The predicted octanol–water partition coefficient (Wildman–Crippen LogP) is 7.06. The molecule has 1 aliphatic carbocycles. The molecule has 0 amide bonds. The van der Waals surface area contributed by atoms with E-state index >= 15 is 0 Å². The second-order valence-electron chi connectivity index (χ2n) is 8.31. The number of nitrogens with zero attached hydrogens (tertiary/aromatic N) is 2. The molecular formula is C27H37FN2. The van der Waals surface area contributed by atoms with E-state index in [1.165, 1.54) is 30.0 Å². The molecule has 0 aromatic heterocycles. The van der Waals surface area contributed by atoms with E-state index in [2.05, 4.69) is 73.3 Å². The SMILES string of the molecule is CC#N.CCN(Cc1ccccc1)C(C)CCc1ccc(C2CCCCC2F)cc1. The lowest BCUT2D eigenvalue weighted by Gasteiger charge is -2.28. The van der Waals surface area contributed by atoms with Crippen LogP contribution in [0.2, 0.25) is 0 Å². The second-order valence-corrected chi connectivity index (χ2v) is 8.31. The monoisotopic (exact) mass is 408 g/mol. The van der Waals surface area contributed by atoms with Gasteiger partial charge >= 0.3 is 0 Å². The second kappa shape index (κ2) is 13.2. The van der Waals surface area contributed by atoms with Gasteiger partial charge in [0.25, 0.3) is 0 Å². The lowest BCUT2D eigenvalue weighted by atomic mass is 9.82. The molecule has 0 saturated heterocycles. The quantitative estimate of drug-likeness (QED) is 0.468. The Balaban J connectivity index is 0.00000101. The van der Waals surface area contributed by atoms with Gasteiger partial charge in [0.1, 0.15) is 6.17 Å². The van der Waals surface area contributed by atoms with E-state index in [9.17, 15) is 4.39 Å². The lowest BCUT2D eigenvalue weighted by molar-refractivity contribution is 0.201. The molecule has 2 aromatic rings. The highest BCUT2D eigenvalue weighted by Crippen LogP contribution is 2.35. The van der Waals surface area contributed by atoms with Crippen LogP contribution in [-0.4, -0.2) is 23.7 Å². The van der Waals surface area contributed by atoms with E-state index in [1.54, 1.807) is 6.07 Å². The maximum Gasteiger partial charge on any atom is 0.107 e. The lowest BCUT2D eigenvalue weighted by Crippen LogP contribution is -2.32. The molecule has 2 aromatic carbocycles. The van der Waals surface area contributed by atoms with Gasteiger partial charge in [-0.2, -0.15) is 5.26 Å². The van der Waals surface area contributed by atoms with Crippen molar-refractivity contribution in [2.24, 2.45) is 0 Å². The van der Waals surface area contributed by atoms with Crippen molar-refractivity contribution in [1.29, 1.82) is 5.26 Å². The van der Waals surface area contributed by atoms with Crippen LogP contribution >= 0.6 is 0 Å². The summed E-state index contributed by atoms with van der Waals surface area (Å²) in [6.45, 7) is 8.08. The van der Waals surface area contributed by atoms with Crippen molar-refractivity contribution in [3.63, 3.8) is 0 Å². The molecule has 0 aliphatic heterocycles. The molecule has 1 saturated carbocycles. The first-order valence-corrected chi connectivity index (χ1v) is 11.4. The fourth-order valence-corrected chi connectivity index (χ4v) is 4.35. The van der Waals surface area contributed by atoms with Crippen LogP contribution in [0.15, 0.2) is 54.6 Å². The highest BCUT2D eigenvalue weighted by atomic mass is 19.1. The topological polar surface area (TPSA) is 27.0 Å². The van der Waals surface area contributed by atoms with E-state index < -0.39 is 6.17 Å². The van der Waals surface area contributed by atoms with Crippen LogP contribution in [0.4, 0.5) is 4.39 Å². The molecule has 2 nitrogen and oxygen atoms in total. The molecule has 0 radical (unpaired) electrons. The summed E-state index contributed by atoms with van der Waals surface area (Å²) in [6.07, 6.45) is 5.52. The van der Waals surface area contributed by atoms with Crippen LogP contribution in [0, 0.1) is 11.3 Å². The highest BCUT2D eigenvalue weighted by Gasteiger charge is 2.25. The van der Waals surface area contributed by atoms with Crippen LogP contribution in [0.1, 0.15) is 75.5 Å². The minimum absolute atomic E-state index is 0.119. The number of aryl methyl sites for hydroxylation is 1. The van der Waals surface area contributed by atoms with E-state index in [-0.39, 0.29) is 5.92 Å². The summed E-state index contributed by atoms with van der Waals surface area (Å²) < 4.78 is 14.2. The van der Waals surface area contributed by atoms with Gasteiger partial charge in [0, 0.05) is 25.4 Å². The van der Waals surface area contributed by atoms with Gasteiger partial charge in [-0.15, -0.1) is 0 Å². The first kappa shape index (κ1) is 24.1. The van der Waals surface area contributed by atoms with Gasteiger partial charge in [-0.1, -0.05) is 74.4 Å². The van der Waals surface area contributed by atoms with Crippen molar-refractivity contribution in [2.75, 3.05) is 6.54 Å². The Kier molecular flexibility index (Phi) is 10.6. The summed E-state index contributed by atoms with van der Waals surface area (Å²) in [7, 11) is 0. The number of alkyl halides is 1. The highest BCUT2D eigenvalue weighted by molar-refractivity contribution is 5.27. The molecule has 0 heterocycles. The van der Waals surface area contributed by atoms with Crippen molar-refractivity contribution in [1.82, 2.24) is 4.90 Å². The molecule has 0 spiro atoms. The summed E-state index contributed by atoms with van der Waals surface area (Å²) >= 11 is 0. The summed E-state index contributed by atoms with van der Waals surface area (Å²) in [5, 5.41) is 7.32. The normalized spacial score (nSPS) is 19.5. The Morgan fingerprint density at radius 1 is 1.03 bits per heavy atom. The minimum atomic E-state index is -0.652. The van der Waals surface area contributed by atoms with E-state index in [0.29, 0.717) is 6.04 Å². The average Bonchev–Trinajstić information content (AvgIpc) is 2.78. The van der Waals surface area contributed by atoms with Crippen LogP contribution in [0.5, 0.6) is 0 Å². The Morgan fingerprint density at radius 2 is 1.67 bits per heavy atom. The summed E-state index contributed by atoms with van der Waals surface area (Å²) in [4.78, 5) is 2.54. The van der Waals surface area contributed by atoms with Crippen molar-refractivity contribution >= 4 is 0 Å². The number of benzene rings is 2. The van der Waals surface area contributed by atoms with Crippen LogP contribution in [0.3, 0.4) is 0 Å². The largest absolute Gasteiger partial charge is 0.297 e. The van der Waals surface area contributed by atoms with Crippen molar-refractivity contribution in [2.45, 2.75) is 84.0 Å². The van der Waals surface area contributed by atoms with E-state index in [1.807, 2.05) is 0 Å². The summed E-state index contributed by atoms with van der Waals surface area (Å²) in [5.41, 5.74) is 3.94. The molecule has 3 rings (SSSR count). The molecule has 1 aliphatic rings. The summed E-state index contributed by atoms with van der Waals surface area (Å²) in [5.74, 6) is 0.119. The smallest absolute Gasteiger partial charge is 0.107 e. The molecular weight excluding hydrogens is 371 g/mol. The zero-order chi connectivity index (χ0) is 21.8. The third kappa shape index (κ3) is 7.58. The maximum absolute atomic E-state index is 14.2. The zero-order valence-electron chi connectivity index (χ0n) is 18.9. The molecule has 0 bridgehead atoms. The van der Waals surface area contributed by atoms with Gasteiger partial charge in [0.2, 0.25) is 0 Å². The van der Waals surface area contributed by atoms with Gasteiger partial charge in [-0.25, -0.2) is 4.39 Å². The Morgan fingerprint density at radius 3 is 2.27 bits per heavy atom. The summed E-state index contributed by atoms with van der Waals surface area (Å²) in [6, 6.07) is 21.8. The fourth-order valence-electron chi connectivity index (χ4n) is 4.35. The predicted molar refractivity (Wildman–Crippen MR) is 124 cm³/mol. The van der Waals surface area contributed by atoms with Crippen molar-refractivity contribution < 1.29 is 4.39 Å². The van der Waals surface area contributed by atoms with E-state index in [0.717, 1.165) is 45.2 Å². The molecule has 162 valence electrons. The van der Waals surface area contributed by atoms with Gasteiger partial charge < -0.3 is 0 Å². The number of hydrogen-bond acceptors (Lipinski definition) is 2. The van der Waals surface area contributed by atoms with Crippen LogP contribution < -0.4 is 0 Å². The Bertz CT molecular complexity index is 751.